The molecule has 0 spiro atoms. The molecule has 21 heavy (non-hydrogen) atoms. The summed E-state index contributed by atoms with van der Waals surface area (Å²) in [6, 6.07) is 7.76. The van der Waals surface area contributed by atoms with Gasteiger partial charge in [-0.1, -0.05) is 32.0 Å². The molecule has 0 fully saturated rings. The van der Waals surface area contributed by atoms with Crippen LogP contribution in [0.5, 0.6) is 0 Å². The summed E-state index contributed by atoms with van der Waals surface area (Å²) in [5.41, 5.74) is 1.91. The molecule has 0 radical (unpaired) electrons. The summed E-state index contributed by atoms with van der Waals surface area (Å²) in [4.78, 5) is 14.2. The van der Waals surface area contributed by atoms with Crippen LogP contribution in [0.15, 0.2) is 35.1 Å². The highest BCUT2D eigenvalue weighted by atomic mass is 35.5. The van der Waals surface area contributed by atoms with Crippen LogP contribution in [0.2, 0.25) is 0 Å². The smallest absolute Gasteiger partial charge is 0.245 e. The second-order valence-corrected chi connectivity index (χ2v) is 5.14. The van der Waals surface area contributed by atoms with Gasteiger partial charge in [0.25, 0.3) is 0 Å². The number of halogens is 1. The molecule has 2 rings (SSSR count). The SMILES string of the molecule is CCc1ccccc1N(Cc1nnco1)C(=O)C(Cl)CC. The maximum absolute atomic E-state index is 12.6. The van der Waals surface area contributed by atoms with Crippen LogP contribution in [-0.4, -0.2) is 21.5 Å². The number of benzene rings is 1. The van der Waals surface area contributed by atoms with E-state index in [1.807, 2.05) is 38.1 Å². The molecular weight excluding hydrogens is 290 g/mol. The van der Waals surface area contributed by atoms with Gasteiger partial charge in [-0.05, 0) is 24.5 Å². The van der Waals surface area contributed by atoms with Crippen LogP contribution in [0.4, 0.5) is 5.69 Å². The van der Waals surface area contributed by atoms with Crippen molar-refractivity contribution in [2.75, 3.05) is 4.90 Å². The summed E-state index contributed by atoms with van der Waals surface area (Å²) < 4.78 is 5.16. The van der Waals surface area contributed by atoms with E-state index in [0.717, 1.165) is 17.7 Å². The Kier molecular flexibility index (Phi) is 5.33. The molecule has 0 aliphatic heterocycles. The number of aromatic nitrogens is 2. The molecule has 112 valence electrons. The predicted molar refractivity (Wildman–Crippen MR) is 81.2 cm³/mol. The number of aryl methyl sites for hydroxylation is 1. The van der Waals surface area contributed by atoms with Crippen LogP contribution in [-0.2, 0) is 17.8 Å². The van der Waals surface area contributed by atoms with Crippen molar-refractivity contribution in [2.24, 2.45) is 0 Å². The fourth-order valence-corrected chi connectivity index (χ4v) is 2.22. The van der Waals surface area contributed by atoms with Crippen LogP contribution in [0.25, 0.3) is 0 Å². The minimum Gasteiger partial charge on any atom is -0.426 e. The number of amides is 1. The molecule has 0 N–H and O–H groups in total. The Labute approximate surface area is 128 Å². The zero-order valence-corrected chi connectivity index (χ0v) is 12.9. The first kappa shape index (κ1) is 15.5. The van der Waals surface area contributed by atoms with Gasteiger partial charge in [-0.3, -0.25) is 4.79 Å². The zero-order valence-electron chi connectivity index (χ0n) is 12.1. The maximum Gasteiger partial charge on any atom is 0.245 e. The first-order valence-electron chi connectivity index (χ1n) is 6.95. The van der Waals surface area contributed by atoms with E-state index in [1.54, 1.807) is 4.90 Å². The lowest BCUT2D eigenvalue weighted by molar-refractivity contribution is -0.118. The topological polar surface area (TPSA) is 59.2 Å². The van der Waals surface area contributed by atoms with E-state index >= 15 is 0 Å². The molecule has 5 nitrogen and oxygen atoms in total. The minimum atomic E-state index is -0.571. The molecule has 0 bridgehead atoms. The van der Waals surface area contributed by atoms with Gasteiger partial charge in [0.2, 0.25) is 18.2 Å². The van der Waals surface area contributed by atoms with E-state index in [-0.39, 0.29) is 12.5 Å². The molecule has 1 heterocycles. The monoisotopic (exact) mass is 307 g/mol. The fraction of sp³-hybridized carbons (Fsp3) is 0.400. The highest BCUT2D eigenvalue weighted by Crippen LogP contribution is 2.25. The summed E-state index contributed by atoms with van der Waals surface area (Å²) in [5.74, 6) is 0.229. The normalized spacial score (nSPS) is 12.1. The molecule has 1 amide bonds. The van der Waals surface area contributed by atoms with E-state index in [2.05, 4.69) is 10.2 Å². The lowest BCUT2D eigenvalue weighted by Gasteiger charge is -2.25. The molecule has 0 aliphatic rings. The Balaban J connectivity index is 2.37. The predicted octanol–water partition coefficient (Wildman–Crippen LogP) is 3.18. The van der Waals surface area contributed by atoms with Crippen molar-refractivity contribution in [3.8, 4) is 0 Å². The third-order valence-corrected chi connectivity index (χ3v) is 3.75. The van der Waals surface area contributed by atoms with Crippen molar-refractivity contribution in [2.45, 2.75) is 38.6 Å². The van der Waals surface area contributed by atoms with Gasteiger partial charge in [0.15, 0.2) is 0 Å². The minimum absolute atomic E-state index is 0.154. The maximum atomic E-state index is 12.6. The van der Waals surface area contributed by atoms with Gasteiger partial charge in [-0.2, -0.15) is 0 Å². The van der Waals surface area contributed by atoms with E-state index in [4.69, 9.17) is 16.0 Å². The van der Waals surface area contributed by atoms with Crippen molar-refractivity contribution in [3.63, 3.8) is 0 Å². The second kappa shape index (κ2) is 7.22. The van der Waals surface area contributed by atoms with Crippen molar-refractivity contribution < 1.29 is 9.21 Å². The van der Waals surface area contributed by atoms with Crippen LogP contribution in [0.1, 0.15) is 31.7 Å². The van der Waals surface area contributed by atoms with Crippen LogP contribution in [0, 0.1) is 0 Å². The molecule has 1 atom stereocenters. The quantitative estimate of drug-likeness (QED) is 0.769. The van der Waals surface area contributed by atoms with Gasteiger partial charge < -0.3 is 9.32 Å². The van der Waals surface area contributed by atoms with E-state index in [1.165, 1.54) is 6.39 Å². The Morgan fingerprint density at radius 2 is 2.14 bits per heavy atom. The Morgan fingerprint density at radius 1 is 1.38 bits per heavy atom. The fourth-order valence-electron chi connectivity index (χ4n) is 2.10. The molecule has 1 unspecified atom stereocenters. The van der Waals surface area contributed by atoms with E-state index < -0.39 is 5.38 Å². The number of carbonyl (C=O) groups excluding carboxylic acids is 1. The van der Waals surface area contributed by atoms with Gasteiger partial charge in [-0.25, -0.2) is 0 Å². The first-order chi connectivity index (χ1) is 10.2. The van der Waals surface area contributed by atoms with E-state index in [0.29, 0.717) is 12.3 Å². The Bertz CT molecular complexity index is 586. The average Bonchev–Trinajstić information content (AvgIpc) is 3.04. The van der Waals surface area contributed by atoms with Gasteiger partial charge in [0, 0.05) is 5.69 Å². The standard InChI is InChI=1S/C15H18ClN3O2/c1-3-11-7-5-6-8-13(11)19(15(20)12(16)4-2)9-14-18-17-10-21-14/h5-8,10,12H,3-4,9H2,1-2H3. The summed E-state index contributed by atoms with van der Waals surface area (Å²) in [6.07, 6.45) is 2.64. The van der Waals surface area contributed by atoms with Crippen LogP contribution < -0.4 is 4.90 Å². The van der Waals surface area contributed by atoms with Crippen molar-refractivity contribution in [1.29, 1.82) is 0 Å². The highest BCUT2D eigenvalue weighted by molar-refractivity contribution is 6.32. The van der Waals surface area contributed by atoms with Gasteiger partial charge in [-0.15, -0.1) is 21.8 Å². The van der Waals surface area contributed by atoms with Crippen LogP contribution >= 0.6 is 11.6 Å². The summed E-state index contributed by atoms with van der Waals surface area (Å²) in [6.45, 7) is 4.15. The number of hydrogen-bond acceptors (Lipinski definition) is 4. The summed E-state index contributed by atoms with van der Waals surface area (Å²) >= 11 is 6.14. The van der Waals surface area contributed by atoms with Crippen molar-refractivity contribution in [3.05, 3.63) is 42.1 Å². The molecule has 0 saturated heterocycles. The van der Waals surface area contributed by atoms with E-state index in [9.17, 15) is 4.79 Å². The van der Waals surface area contributed by atoms with Crippen molar-refractivity contribution >= 4 is 23.2 Å². The lowest BCUT2D eigenvalue weighted by atomic mass is 10.1. The van der Waals surface area contributed by atoms with Gasteiger partial charge in [0.1, 0.15) is 11.9 Å². The number of alkyl halides is 1. The lowest BCUT2D eigenvalue weighted by Crippen LogP contribution is -2.37. The van der Waals surface area contributed by atoms with Crippen LogP contribution in [0.3, 0.4) is 0 Å². The number of nitrogens with zero attached hydrogens (tertiary/aromatic N) is 3. The summed E-state index contributed by atoms with van der Waals surface area (Å²) in [7, 11) is 0. The Morgan fingerprint density at radius 3 is 2.76 bits per heavy atom. The molecule has 1 aromatic carbocycles. The average molecular weight is 308 g/mol. The largest absolute Gasteiger partial charge is 0.426 e. The number of anilines is 1. The number of hydrogen-bond donors (Lipinski definition) is 0. The van der Waals surface area contributed by atoms with Crippen molar-refractivity contribution in [1.82, 2.24) is 10.2 Å². The first-order valence-corrected chi connectivity index (χ1v) is 7.39. The Hall–Kier alpha value is -1.88. The zero-order chi connectivity index (χ0) is 15.2. The van der Waals surface area contributed by atoms with Gasteiger partial charge in [0.05, 0.1) is 0 Å². The number of rotatable bonds is 6. The molecular formula is C15H18ClN3O2. The number of para-hydroxylation sites is 1. The molecule has 2 aromatic rings. The molecule has 0 aliphatic carbocycles. The summed E-state index contributed by atoms with van der Waals surface area (Å²) in [5, 5.41) is 6.93. The van der Waals surface area contributed by atoms with Gasteiger partial charge >= 0.3 is 0 Å². The molecule has 1 aromatic heterocycles. The number of carbonyl (C=O) groups is 1. The highest BCUT2D eigenvalue weighted by Gasteiger charge is 2.25. The third-order valence-electron chi connectivity index (χ3n) is 3.25. The molecule has 6 heteroatoms. The third kappa shape index (κ3) is 3.61. The molecule has 0 saturated carbocycles. The second-order valence-electron chi connectivity index (χ2n) is 4.61.